The van der Waals surface area contributed by atoms with Crippen LogP contribution in [0.2, 0.25) is 18.1 Å². The molecule has 3 heteroatoms. The summed E-state index contributed by atoms with van der Waals surface area (Å²) in [7, 11) is -1.60. The number of rotatable bonds is 4. The number of nitrogens with zero attached hydrogens (tertiary/aromatic N) is 1. The molecule has 2 nitrogen and oxygen atoms in total. The molecule has 20 heavy (non-hydrogen) atoms. The summed E-state index contributed by atoms with van der Waals surface area (Å²) in [6, 6.07) is 0.633. The van der Waals surface area contributed by atoms with Gasteiger partial charge >= 0.3 is 0 Å². The zero-order chi connectivity index (χ0) is 14.8. The monoisotopic (exact) mass is 295 g/mol. The summed E-state index contributed by atoms with van der Waals surface area (Å²) in [6.07, 6.45) is 10.4. The molecular weight excluding hydrogens is 262 g/mol. The predicted molar refractivity (Wildman–Crippen MR) is 89.4 cm³/mol. The van der Waals surface area contributed by atoms with E-state index in [1.165, 1.54) is 45.1 Å². The van der Waals surface area contributed by atoms with Gasteiger partial charge < -0.3 is 9.33 Å². The van der Waals surface area contributed by atoms with E-state index in [2.05, 4.69) is 44.8 Å². The van der Waals surface area contributed by atoms with Gasteiger partial charge in [-0.1, -0.05) is 26.8 Å². The van der Waals surface area contributed by atoms with E-state index in [1.807, 2.05) is 0 Å². The molecule has 0 spiro atoms. The molecule has 0 aromatic carbocycles. The van der Waals surface area contributed by atoms with Gasteiger partial charge in [0.25, 0.3) is 0 Å². The summed E-state index contributed by atoms with van der Waals surface area (Å²) in [5.41, 5.74) is 1.61. The molecule has 0 N–H and O–H groups in total. The molecule has 0 bridgehead atoms. The number of likely N-dealkylation sites (tertiary alicyclic amines) is 1. The van der Waals surface area contributed by atoms with Gasteiger partial charge in [-0.3, -0.25) is 0 Å². The van der Waals surface area contributed by atoms with Gasteiger partial charge in [-0.05, 0) is 56.7 Å². The van der Waals surface area contributed by atoms with Gasteiger partial charge in [0.15, 0.2) is 8.32 Å². The van der Waals surface area contributed by atoms with Crippen LogP contribution in [0, 0.1) is 0 Å². The summed E-state index contributed by atoms with van der Waals surface area (Å²) < 4.78 is 6.47. The molecule has 0 amide bonds. The van der Waals surface area contributed by atoms with Gasteiger partial charge in [-0.15, -0.1) is 0 Å². The number of hydrogen-bond acceptors (Lipinski definition) is 2. The summed E-state index contributed by atoms with van der Waals surface area (Å²) >= 11 is 0. The summed E-state index contributed by atoms with van der Waals surface area (Å²) in [4.78, 5) is 2.66. The molecule has 0 unspecified atom stereocenters. The Morgan fingerprint density at radius 1 is 1.25 bits per heavy atom. The first-order valence-corrected chi connectivity index (χ1v) is 11.3. The van der Waals surface area contributed by atoms with Gasteiger partial charge in [0.2, 0.25) is 0 Å². The van der Waals surface area contributed by atoms with E-state index in [0.717, 1.165) is 6.61 Å². The van der Waals surface area contributed by atoms with Crippen LogP contribution in [0.5, 0.6) is 0 Å². The van der Waals surface area contributed by atoms with Crippen molar-refractivity contribution in [2.24, 2.45) is 0 Å². The van der Waals surface area contributed by atoms with Crippen molar-refractivity contribution in [1.82, 2.24) is 4.90 Å². The van der Waals surface area contributed by atoms with E-state index in [9.17, 15) is 0 Å². The highest BCUT2D eigenvalue weighted by Crippen LogP contribution is 2.37. The highest BCUT2D eigenvalue weighted by Gasteiger charge is 2.38. The SMILES string of the molecule is CC(C)(C)[Si](C)(C)OC[C@@H]1CCCN1C1=CCCCC1. The van der Waals surface area contributed by atoms with E-state index in [-0.39, 0.29) is 0 Å². The van der Waals surface area contributed by atoms with Gasteiger partial charge in [0, 0.05) is 12.2 Å². The molecule has 1 fully saturated rings. The molecule has 1 aliphatic heterocycles. The van der Waals surface area contributed by atoms with E-state index in [1.54, 1.807) is 5.70 Å². The Kier molecular flexibility index (Phi) is 5.01. The van der Waals surface area contributed by atoms with Crippen molar-refractivity contribution >= 4 is 8.32 Å². The average Bonchev–Trinajstić information content (AvgIpc) is 2.84. The van der Waals surface area contributed by atoms with Crippen LogP contribution in [0.15, 0.2) is 11.8 Å². The van der Waals surface area contributed by atoms with Crippen LogP contribution in [0.25, 0.3) is 0 Å². The Balaban J connectivity index is 1.93. The minimum absolute atomic E-state index is 0.320. The minimum Gasteiger partial charge on any atom is -0.415 e. The Morgan fingerprint density at radius 2 is 2.00 bits per heavy atom. The smallest absolute Gasteiger partial charge is 0.192 e. The van der Waals surface area contributed by atoms with E-state index in [4.69, 9.17) is 4.43 Å². The first-order valence-electron chi connectivity index (χ1n) is 8.41. The fourth-order valence-electron chi connectivity index (χ4n) is 2.99. The van der Waals surface area contributed by atoms with Crippen molar-refractivity contribution in [3.05, 3.63) is 11.8 Å². The number of hydrogen-bond donors (Lipinski definition) is 0. The average molecular weight is 296 g/mol. The van der Waals surface area contributed by atoms with Gasteiger partial charge in [-0.2, -0.15) is 0 Å². The molecule has 1 heterocycles. The topological polar surface area (TPSA) is 12.5 Å². The molecule has 116 valence electrons. The fourth-order valence-corrected chi connectivity index (χ4v) is 4.03. The van der Waals surface area contributed by atoms with Crippen molar-refractivity contribution in [3.63, 3.8) is 0 Å². The summed E-state index contributed by atoms with van der Waals surface area (Å²) in [5.74, 6) is 0. The molecule has 1 atom stereocenters. The quantitative estimate of drug-likeness (QED) is 0.682. The molecule has 0 radical (unpaired) electrons. The zero-order valence-corrected chi connectivity index (χ0v) is 15.2. The van der Waals surface area contributed by atoms with Gasteiger partial charge in [0.05, 0.1) is 12.6 Å². The maximum absolute atomic E-state index is 6.47. The second-order valence-electron chi connectivity index (χ2n) is 8.00. The first kappa shape index (κ1) is 16.1. The lowest BCUT2D eigenvalue weighted by Crippen LogP contribution is -2.44. The van der Waals surface area contributed by atoms with Crippen LogP contribution in [0.4, 0.5) is 0 Å². The number of allylic oxidation sites excluding steroid dienone is 2. The third-order valence-corrected chi connectivity index (χ3v) is 9.96. The predicted octanol–water partition coefficient (Wildman–Crippen LogP) is 4.93. The van der Waals surface area contributed by atoms with Crippen LogP contribution in [-0.4, -0.2) is 32.4 Å². The van der Waals surface area contributed by atoms with Crippen molar-refractivity contribution in [1.29, 1.82) is 0 Å². The molecule has 0 saturated carbocycles. The third kappa shape index (κ3) is 3.67. The standard InChI is InChI=1S/C17H33NOSi/c1-17(2,3)20(4,5)19-14-16-12-9-13-18(16)15-10-7-6-8-11-15/h10,16H,6-9,11-14H2,1-5H3/t16-/m0/s1. The molecule has 0 aromatic rings. The van der Waals surface area contributed by atoms with Crippen LogP contribution in [0.1, 0.15) is 59.3 Å². The lowest BCUT2D eigenvalue weighted by molar-refractivity contribution is 0.184. The van der Waals surface area contributed by atoms with Crippen molar-refractivity contribution in [2.75, 3.05) is 13.2 Å². The molecule has 1 aliphatic carbocycles. The maximum Gasteiger partial charge on any atom is 0.192 e. The molecule has 2 rings (SSSR count). The maximum atomic E-state index is 6.47. The second-order valence-corrected chi connectivity index (χ2v) is 12.8. The van der Waals surface area contributed by atoms with Gasteiger partial charge in [-0.25, -0.2) is 0 Å². The van der Waals surface area contributed by atoms with Crippen LogP contribution in [-0.2, 0) is 4.43 Å². The molecular formula is C17H33NOSi. The third-order valence-electron chi connectivity index (χ3n) is 5.46. The Hall–Kier alpha value is -0.283. The largest absolute Gasteiger partial charge is 0.415 e. The Morgan fingerprint density at radius 3 is 2.60 bits per heavy atom. The van der Waals surface area contributed by atoms with Crippen molar-refractivity contribution in [2.45, 2.75) is 83.5 Å². The van der Waals surface area contributed by atoms with Crippen molar-refractivity contribution < 1.29 is 4.43 Å². The lowest BCUT2D eigenvalue weighted by atomic mass is 10.0. The summed E-state index contributed by atoms with van der Waals surface area (Å²) in [6.45, 7) is 13.9. The zero-order valence-electron chi connectivity index (χ0n) is 14.2. The Labute approximate surface area is 126 Å². The highest BCUT2D eigenvalue weighted by molar-refractivity contribution is 6.74. The lowest BCUT2D eigenvalue weighted by Gasteiger charge is -2.39. The van der Waals surface area contributed by atoms with Crippen LogP contribution >= 0.6 is 0 Å². The molecule has 1 saturated heterocycles. The molecule has 0 aromatic heterocycles. The van der Waals surface area contributed by atoms with Crippen LogP contribution in [0.3, 0.4) is 0 Å². The van der Waals surface area contributed by atoms with E-state index in [0.29, 0.717) is 11.1 Å². The highest BCUT2D eigenvalue weighted by atomic mass is 28.4. The summed E-state index contributed by atoms with van der Waals surface area (Å²) in [5, 5.41) is 0.320. The van der Waals surface area contributed by atoms with E-state index >= 15 is 0 Å². The second kappa shape index (κ2) is 6.23. The first-order chi connectivity index (χ1) is 9.31. The minimum atomic E-state index is -1.60. The molecule has 2 aliphatic rings. The van der Waals surface area contributed by atoms with Crippen LogP contribution < -0.4 is 0 Å². The normalized spacial score (nSPS) is 24.9. The fraction of sp³-hybridized carbons (Fsp3) is 0.882. The van der Waals surface area contributed by atoms with Gasteiger partial charge in [0.1, 0.15) is 0 Å². The van der Waals surface area contributed by atoms with Crippen molar-refractivity contribution in [3.8, 4) is 0 Å². The van der Waals surface area contributed by atoms with E-state index < -0.39 is 8.32 Å². The Bertz CT molecular complexity index is 356.